The van der Waals surface area contributed by atoms with Crippen molar-refractivity contribution in [3.05, 3.63) is 53.6 Å². The second-order valence-corrected chi connectivity index (χ2v) is 4.60. The quantitative estimate of drug-likeness (QED) is 0.898. The summed E-state index contributed by atoms with van der Waals surface area (Å²) in [4.78, 5) is 0. The first-order valence-corrected chi connectivity index (χ1v) is 6.48. The number of methoxy groups -OCH3 is 2. The molecule has 0 aromatic heterocycles. The van der Waals surface area contributed by atoms with E-state index in [0.29, 0.717) is 17.2 Å². The van der Waals surface area contributed by atoms with Crippen molar-refractivity contribution in [3.63, 3.8) is 0 Å². The van der Waals surface area contributed by atoms with Gasteiger partial charge in [-0.15, -0.1) is 0 Å². The van der Waals surface area contributed by atoms with Crippen molar-refractivity contribution in [1.82, 2.24) is 0 Å². The molecule has 1 atom stereocenters. The number of anilines is 1. The van der Waals surface area contributed by atoms with Gasteiger partial charge in [-0.05, 0) is 37.3 Å². The van der Waals surface area contributed by atoms with Gasteiger partial charge in [-0.2, -0.15) is 0 Å². The Bertz CT molecular complexity index is 632. The van der Waals surface area contributed by atoms with Gasteiger partial charge >= 0.3 is 0 Å². The van der Waals surface area contributed by atoms with Gasteiger partial charge in [-0.25, -0.2) is 8.78 Å². The summed E-state index contributed by atoms with van der Waals surface area (Å²) in [5, 5.41) is 3.11. The fourth-order valence-electron chi connectivity index (χ4n) is 2.09. The van der Waals surface area contributed by atoms with Crippen LogP contribution in [0.2, 0.25) is 0 Å². The maximum atomic E-state index is 13.2. The second-order valence-electron chi connectivity index (χ2n) is 4.60. The molecule has 2 aromatic rings. The smallest absolute Gasteiger partial charge is 0.160 e. The maximum Gasteiger partial charge on any atom is 0.160 e. The first-order chi connectivity index (χ1) is 10.0. The highest BCUT2D eigenvalue weighted by atomic mass is 19.2. The van der Waals surface area contributed by atoms with E-state index in [9.17, 15) is 8.78 Å². The minimum atomic E-state index is -0.884. The topological polar surface area (TPSA) is 30.5 Å². The summed E-state index contributed by atoms with van der Waals surface area (Å²) in [5.41, 5.74) is 1.35. The Morgan fingerprint density at radius 1 is 0.952 bits per heavy atom. The van der Waals surface area contributed by atoms with Crippen molar-refractivity contribution in [2.75, 3.05) is 19.5 Å². The SMILES string of the molecule is COc1ccc(OC)c(C(C)Nc2ccc(F)c(F)c2)c1. The molecule has 0 aliphatic rings. The summed E-state index contributed by atoms with van der Waals surface area (Å²) < 4.78 is 36.7. The van der Waals surface area contributed by atoms with E-state index in [2.05, 4.69) is 5.32 Å². The van der Waals surface area contributed by atoms with E-state index in [1.165, 1.54) is 6.07 Å². The molecule has 0 saturated carbocycles. The summed E-state index contributed by atoms with van der Waals surface area (Å²) in [7, 11) is 3.16. The average Bonchev–Trinajstić information content (AvgIpc) is 2.50. The van der Waals surface area contributed by atoms with E-state index >= 15 is 0 Å². The largest absolute Gasteiger partial charge is 0.497 e. The molecule has 0 aliphatic carbocycles. The van der Waals surface area contributed by atoms with E-state index in [-0.39, 0.29) is 6.04 Å². The first-order valence-electron chi connectivity index (χ1n) is 6.48. The molecule has 1 N–H and O–H groups in total. The van der Waals surface area contributed by atoms with Crippen LogP contribution in [0, 0.1) is 11.6 Å². The van der Waals surface area contributed by atoms with Crippen LogP contribution in [0.5, 0.6) is 11.5 Å². The van der Waals surface area contributed by atoms with Crippen molar-refractivity contribution in [1.29, 1.82) is 0 Å². The predicted octanol–water partition coefficient (Wildman–Crippen LogP) is 4.16. The highest BCUT2D eigenvalue weighted by Crippen LogP contribution is 2.31. The van der Waals surface area contributed by atoms with Crippen molar-refractivity contribution in [2.45, 2.75) is 13.0 Å². The molecule has 3 nitrogen and oxygen atoms in total. The zero-order valence-corrected chi connectivity index (χ0v) is 12.1. The van der Waals surface area contributed by atoms with Gasteiger partial charge in [0.1, 0.15) is 11.5 Å². The molecule has 1 unspecified atom stereocenters. The molecule has 2 aromatic carbocycles. The van der Waals surface area contributed by atoms with Crippen LogP contribution < -0.4 is 14.8 Å². The zero-order chi connectivity index (χ0) is 15.4. The third-order valence-corrected chi connectivity index (χ3v) is 3.21. The van der Waals surface area contributed by atoms with Gasteiger partial charge in [0, 0.05) is 17.3 Å². The predicted molar refractivity (Wildman–Crippen MR) is 77.9 cm³/mol. The van der Waals surface area contributed by atoms with Crippen LogP contribution >= 0.6 is 0 Å². The first kappa shape index (κ1) is 15.1. The van der Waals surface area contributed by atoms with Crippen LogP contribution in [0.25, 0.3) is 0 Å². The third-order valence-electron chi connectivity index (χ3n) is 3.21. The lowest BCUT2D eigenvalue weighted by atomic mass is 10.1. The van der Waals surface area contributed by atoms with Crippen LogP contribution in [0.3, 0.4) is 0 Å². The molecule has 0 heterocycles. The Morgan fingerprint density at radius 2 is 1.71 bits per heavy atom. The van der Waals surface area contributed by atoms with Crippen LogP contribution in [0.1, 0.15) is 18.5 Å². The highest BCUT2D eigenvalue weighted by molar-refractivity contribution is 5.49. The molecular weight excluding hydrogens is 276 g/mol. The Kier molecular flexibility index (Phi) is 4.62. The normalized spacial score (nSPS) is 11.9. The van der Waals surface area contributed by atoms with E-state index in [1.54, 1.807) is 26.4 Å². The number of nitrogens with one attached hydrogen (secondary N) is 1. The minimum Gasteiger partial charge on any atom is -0.497 e. The summed E-state index contributed by atoms with van der Waals surface area (Å²) in [6.45, 7) is 1.90. The summed E-state index contributed by atoms with van der Waals surface area (Å²) in [6, 6.07) is 8.98. The average molecular weight is 293 g/mol. The fraction of sp³-hybridized carbons (Fsp3) is 0.250. The standard InChI is InChI=1S/C16H17F2NO2/c1-10(19-11-4-6-14(17)15(18)8-11)13-9-12(20-2)5-7-16(13)21-3/h4-10,19H,1-3H3. The Balaban J connectivity index is 2.26. The van der Waals surface area contributed by atoms with E-state index in [1.807, 2.05) is 13.0 Å². The van der Waals surface area contributed by atoms with Crippen LogP contribution in [0.15, 0.2) is 36.4 Å². The molecule has 21 heavy (non-hydrogen) atoms. The van der Waals surface area contributed by atoms with Gasteiger partial charge in [0.25, 0.3) is 0 Å². The lowest BCUT2D eigenvalue weighted by Gasteiger charge is -2.19. The summed E-state index contributed by atoms with van der Waals surface area (Å²) >= 11 is 0. The van der Waals surface area contributed by atoms with Gasteiger partial charge in [0.2, 0.25) is 0 Å². The number of ether oxygens (including phenoxy) is 2. The second kappa shape index (κ2) is 6.43. The van der Waals surface area contributed by atoms with E-state index < -0.39 is 11.6 Å². The van der Waals surface area contributed by atoms with Crippen molar-refractivity contribution in [2.24, 2.45) is 0 Å². The Labute approximate surface area is 122 Å². The van der Waals surface area contributed by atoms with Gasteiger partial charge in [-0.1, -0.05) is 0 Å². The number of benzene rings is 2. The fourth-order valence-corrected chi connectivity index (χ4v) is 2.09. The van der Waals surface area contributed by atoms with E-state index in [0.717, 1.165) is 17.7 Å². The molecule has 0 fully saturated rings. The van der Waals surface area contributed by atoms with Crippen LogP contribution in [0.4, 0.5) is 14.5 Å². The number of hydrogen-bond acceptors (Lipinski definition) is 3. The molecule has 0 amide bonds. The van der Waals surface area contributed by atoms with Gasteiger partial charge < -0.3 is 14.8 Å². The molecule has 5 heteroatoms. The zero-order valence-electron chi connectivity index (χ0n) is 12.1. The van der Waals surface area contributed by atoms with Crippen molar-refractivity contribution in [3.8, 4) is 11.5 Å². The lowest BCUT2D eigenvalue weighted by Crippen LogP contribution is -2.09. The van der Waals surface area contributed by atoms with Crippen LogP contribution in [-0.4, -0.2) is 14.2 Å². The number of hydrogen-bond donors (Lipinski definition) is 1. The monoisotopic (exact) mass is 293 g/mol. The van der Waals surface area contributed by atoms with Crippen LogP contribution in [-0.2, 0) is 0 Å². The molecule has 0 bridgehead atoms. The van der Waals surface area contributed by atoms with Gasteiger partial charge in [0.05, 0.1) is 20.3 Å². The molecule has 0 spiro atoms. The van der Waals surface area contributed by atoms with Crippen molar-refractivity contribution >= 4 is 5.69 Å². The van der Waals surface area contributed by atoms with E-state index in [4.69, 9.17) is 9.47 Å². The lowest BCUT2D eigenvalue weighted by molar-refractivity contribution is 0.397. The molecular formula is C16H17F2NO2. The minimum absolute atomic E-state index is 0.167. The third kappa shape index (κ3) is 3.42. The van der Waals surface area contributed by atoms with Crippen molar-refractivity contribution < 1.29 is 18.3 Å². The maximum absolute atomic E-state index is 13.2. The Morgan fingerprint density at radius 3 is 2.33 bits per heavy atom. The van der Waals surface area contributed by atoms with Gasteiger partial charge in [-0.3, -0.25) is 0 Å². The molecule has 0 aliphatic heterocycles. The molecule has 0 saturated heterocycles. The number of halogens is 2. The molecule has 112 valence electrons. The molecule has 2 rings (SSSR count). The van der Waals surface area contributed by atoms with Gasteiger partial charge in [0.15, 0.2) is 11.6 Å². The Hall–Kier alpha value is -2.30. The summed E-state index contributed by atoms with van der Waals surface area (Å²) in [5.74, 6) is -0.361. The molecule has 0 radical (unpaired) electrons. The summed E-state index contributed by atoms with van der Waals surface area (Å²) in [6.07, 6.45) is 0. The number of rotatable bonds is 5. The highest BCUT2D eigenvalue weighted by Gasteiger charge is 2.13.